The highest BCUT2D eigenvalue weighted by atomic mass is 35.5. The maximum atomic E-state index is 12.0. The predicted molar refractivity (Wildman–Crippen MR) is 67.0 cm³/mol. The Kier molecular flexibility index (Phi) is 4.02. The first kappa shape index (κ1) is 12.4. The number of rotatable bonds is 2. The van der Waals surface area contributed by atoms with E-state index in [1.165, 1.54) is 0 Å². The Hall–Kier alpha value is -1.06. The van der Waals surface area contributed by atoms with Crippen LogP contribution in [-0.2, 0) is 11.2 Å². The van der Waals surface area contributed by atoms with Gasteiger partial charge < -0.3 is 10.0 Å². The second kappa shape index (κ2) is 5.52. The molecule has 1 aromatic carbocycles. The molecule has 1 N–H and O–H groups in total. The van der Waals surface area contributed by atoms with Crippen molar-refractivity contribution in [2.45, 2.75) is 25.4 Å². The fraction of sp³-hybridized carbons (Fsp3) is 0.462. The van der Waals surface area contributed by atoms with Gasteiger partial charge in [0.15, 0.2) is 0 Å². The summed E-state index contributed by atoms with van der Waals surface area (Å²) in [6.07, 6.45) is 1.54. The average Bonchev–Trinajstić information content (AvgIpc) is 2.33. The zero-order valence-corrected chi connectivity index (χ0v) is 10.4. The van der Waals surface area contributed by atoms with E-state index in [-0.39, 0.29) is 12.0 Å². The lowest BCUT2D eigenvalue weighted by molar-refractivity contribution is -0.132. The molecule has 1 saturated heterocycles. The second-order valence-electron chi connectivity index (χ2n) is 4.42. The molecule has 17 heavy (non-hydrogen) atoms. The molecule has 0 aliphatic carbocycles. The van der Waals surface area contributed by atoms with Gasteiger partial charge in [-0.2, -0.15) is 0 Å². The number of benzene rings is 1. The molecule has 3 nitrogen and oxygen atoms in total. The van der Waals surface area contributed by atoms with Gasteiger partial charge in [-0.25, -0.2) is 0 Å². The van der Waals surface area contributed by atoms with Gasteiger partial charge in [-0.15, -0.1) is 0 Å². The Balaban J connectivity index is 1.90. The number of piperidine rings is 1. The fourth-order valence-corrected chi connectivity index (χ4v) is 2.13. The number of amides is 1. The van der Waals surface area contributed by atoms with Gasteiger partial charge >= 0.3 is 0 Å². The van der Waals surface area contributed by atoms with Crippen molar-refractivity contribution >= 4 is 17.5 Å². The number of hydrogen-bond acceptors (Lipinski definition) is 2. The van der Waals surface area contributed by atoms with Crippen LogP contribution in [0, 0.1) is 0 Å². The molecule has 1 amide bonds. The van der Waals surface area contributed by atoms with Crippen molar-refractivity contribution in [3.63, 3.8) is 0 Å². The molecule has 92 valence electrons. The number of likely N-dealkylation sites (tertiary alicyclic amines) is 1. The SMILES string of the molecule is O=C(Cc1ccc(Cl)cc1)N1CCC(O)CC1. The molecule has 0 radical (unpaired) electrons. The summed E-state index contributed by atoms with van der Waals surface area (Å²) in [5.74, 6) is 0.124. The highest BCUT2D eigenvalue weighted by molar-refractivity contribution is 6.30. The minimum atomic E-state index is -0.241. The van der Waals surface area contributed by atoms with Gasteiger partial charge in [-0.3, -0.25) is 4.79 Å². The van der Waals surface area contributed by atoms with E-state index in [0.29, 0.717) is 37.4 Å². The summed E-state index contributed by atoms with van der Waals surface area (Å²) in [6.45, 7) is 1.32. The highest BCUT2D eigenvalue weighted by Gasteiger charge is 2.20. The fourth-order valence-electron chi connectivity index (χ4n) is 2.00. The van der Waals surface area contributed by atoms with Crippen molar-refractivity contribution in [2.75, 3.05) is 13.1 Å². The van der Waals surface area contributed by atoms with Crippen molar-refractivity contribution < 1.29 is 9.90 Å². The quantitative estimate of drug-likeness (QED) is 0.874. The van der Waals surface area contributed by atoms with Crippen LogP contribution in [0.1, 0.15) is 18.4 Å². The number of carbonyl (C=O) groups excluding carboxylic acids is 1. The van der Waals surface area contributed by atoms with Crippen LogP contribution in [-0.4, -0.2) is 35.1 Å². The predicted octanol–water partition coefficient (Wildman–Crippen LogP) is 1.87. The van der Waals surface area contributed by atoms with E-state index in [0.717, 1.165) is 5.56 Å². The number of carbonyl (C=O) groups is 1. The van der Waals surface area contributed by atoms with Gasteiger partial charge in [0.1, 0.15) is 0 Å². The third-order valence-electron chi connectivity index (χ3n) is 3.09. The molecule has 0 saturated carbocycles. The van der Waals surface area contributed by atoms with Crippen LogP contribution >= 0.6 is 11.6 Å². The third kappa shape index (κ3) is 3.45. The normalized spacial score (nSPS) is 17.2. The first-order valence-corrected chi connectivity index (χ1v) is 6.23. The van der Waals surface area contributed by atoms with Gasteiger partial charge in [-0.05, 0) is 30.5 Å². The summed E-state index contributed by atoms with van der Waals surface area (Å²) in [5.41, 5.74) is 0.977. The summed E-state index contributed by atoms with van der Waals surface area (Å²) >= 11 is 5.79. The number of aliphatic hydroxyl groups is 1. The molecular formula is C13H16ClNO2. The van der Waals surface area contributed by atoms with Gasteiger partial charge in [0.25, 0.3) is 0 Å². The highest BCUT2D eigenvalue weighted by Crippen LogP contribution is 2.14. The van der Waals surface area contributed by atoms with Crippen LogP contribution < -0.4 is 0 Å². The Bertz CT molecular complexity index is 383. The molecule has 2 rings (SSSR count). The van der Waals surface area contributed by atoms with E-state index in [4.69, 9.17) is 11.6 Å². The van der Waals surface area contributed by atoms with Crippen LogP contribution in [0.5, 0.6) is 0 Å². The second-order valence-corrected chi connectivity index (χ2v) is 4.85. The molecule has 4 heteroatoms. The standard InChI is InChI=1S/C13H16ClNO2/c14-11-3-1-10(2-4-11)9-13(17)15-7-5-12(16)6-8-15/h1-4,12,16H,5-9H2. The van der Waals surface area contributed by atoms with E-state index in [2.05, 4.69) is 0 Å². The first-order chi connectivity index (χ1) is 8.15. The lowest BCUT2D eigenvalue weighted by Crippen LogP contribution is -2.40. The van der Waals surface area contributed by atoms with Crippen molar-refractivity contribution in [3.05, 3.63) is 34.9 Å². The number of nitrogens with zero attached hydrogens (tertiary/aromatic N) is 1. The lowest BCUT2D eigenvalue weighted by atomic mass is 10.1. The van der Waals surface area contributed by atoms with Gasteiger partial charge in [0, 0.05) is 18.1 Å². The minimum Gasteiger partial charge on any atom is -0.393 e. The van der Waals surface area contributed by atoms with E-state index in [1.54, 1.807) is 12.1 Å². The largest absolute Gasteiger partial charge is 0.393 e. The molecule has 0 atom stereocenters. The zero-order chi connectivity index (χ0) is 12.3. The number of halogens is 1. The van der Waals surface area contributed by atoms with Gasteiger partial charge in [0.05, 0.1) is 12.5 Å². The van der Waals surface area contributed by atoms with Gasteiger partial charge in [0.2, 0.25) is 5.91 Å². The summed E-state index contributed by atoms with van der Waals surface area (Å²) < 4.78 is 0. The molecule has 1 aromatic rings. The molecule has 0 unspecified atom stereocenters. The molecule has 0 spiro atoms. The van der Waals surface area contributed by atoms with E-state index < -0.39 is 0 Å². The summed E-state index contributed by atoms with van der Waals surface area (Å²) in [4.78, 5) is 13.8. The summed E-state index contributed by atoms with van der Waals surface area (Å²) in [6, 6.07) is 7.34. The van der Waals surface area contributed by atoms with Crippen molar-refractivity contribution in [3.8, 4) is 0 Å². The number of aliphatic hydroxyl groups excluding tert-OH is 1. The zero-order valence-electron chi connectivity index (χ0n) is 9.60. The Labute approximate surface area is 106 Å². The summed E-state index contributed by atoms with van der Waals surface area (Å²) in [7, 11) is 0. The van der Waals surface area contributed by atoms with Crippen LogP contribution in [0.4, 0.5) is 0 Å². The van der Waals surface area contributed by atoms with Crippen LogP contribution in [0.2, 0.25) is 5.02 Å². The number of hydrogen-bond donors (Lipinski definition) is 1. The monoisotopic (exact) mass is 253 g/mol. The van der Waals surface area contributed by atoms with Crippen LogP contribution in [0.3, 0.4) is 0 Å². The van der Waals surface area contributed by atoms with E-state index >= 15 is 0 Å². The van der Waals surface area contributed by atoms with Crippen LogP contribution in [0.15, 0.2) is 24.3 Å². The van der Waals surface area contributed by atoms with Crippen molar-refractivity contribution in [1.29, 1.82) is 0 Å². The minimum absolute atomic E-state index is 0.124. The average molecular weight is 254 g/mol. The maximum absolute atomic E-state index is 12.0. The maximum Gasteiger partial charge on any atom is 0.226 e. The lowest BCUT2D eigenvalue weighted by Gasteiger charge is -2.29. The van der Waals surface area contributed by atoms with E-state index in [9.17, 15) is 9.90 Å². The molecule has 1 fully saturated rings. The molecular weight excluding hydrogens is 238 g/mol. The topological polar surface area (TPSA) is 40.5 Å². The molecule has 0 aromatic heterocycles. The molecule has 1 heterocycles. The Morgan fingerprint density at radius 3 is 2.47 bits per heavy atom. The molecule has 1 aliphatic heterocycles. The van der Waals surface area contributed by atoms with Crippen molar-refractivity contribution in [1.82, 2.24) is 4.90 Å². The molecule has 1 aliphatic rings. The van der Waals surface area contributed by atoms with Gasteiger partial charge in [-0.1, -0.05) is 23.7 Å². The Morgan fingerprint density at radius 1 is 1.29 bits per heavy atom. The first-order valence-electron chi connectivity index (χ1n) is 5.85. The third-order valence-corrected chi connectivity index (χ3v) is 3.34. The molecule has 0 bridgehead atoms. The van der Waals surface area contributed by atoms with Crippen LogP contribution in [0.25, 0.3) is 0 Å². The smallest absolute Gasteiger partial charge is 0.226 e. The Morgan fingerprint density at radius 2 is 1.88 bits per heavy atom. The summed E-state index contributed by atoms with van der Waals surface area (Å²) in [5, 5.41) is 10.1. The van der Waals surface area contributed by atoms with Crippen molar-refractivity contribution in [2.24, 2.45) is 0 Å². The van der Waals surface area contributed by atoms with E-state index in [1.807, 2.05) is 17.0 Å².